The first kappa shape index (κ1) is 25.7. The summed E-state index contributed by atoms with van der Waals surface area (Å²) in [5.74, 6) is -1.34. The lowest BCUT2D eigenvalue weighted by Gasteiger charge is -2.16. The molecule has 0 unspecified atom stereocenters. The normalized spacial score (nSPS) is 11.2. The highest BCUT2D eigenvalue weighted by atomic mass is 35.5. The highest BCUT2D eigenvalue weighted by molar-refractivity contribution is 7.46. The molecule has 0 saturated heterocycles. The Hall–Kier alpha value is -2.92. The largest absolute Gasteiger partial charge is 0.493 e. The predicted octanol–water partition coefficient (Wildman–Crippen LogP) is 4.48. The van der Waals surface area contributed by atoms with Gasteiger partial charge < -0.3 is 29.6 Å². The molecule has 14 heteroatoms. The number of aromatic amines is 1. The van der Waals surface area contributed by atoms with Crippen molar-refractivity contribution in [3.63, 3.8) is 0 Å². The fraction of sp³-hybridized carbons (Fsp3) is 0.100. The number of carbonyl (C=O) groups is 1. The van der Waals surface area contributed by atoms with Gasteiger partial charge in [-0.3, -0.25) is 14.1 Å². The van der Waals surface area contributed by atoms with Crippen LogP contribution in [-0.4, -0.2) is 27.8 Å². The third-order valence-corrected chi connectivity index (χ3v) is 5.49. The zero-order valence-electron chi connectivity index (χ0n) is 17.2. The maximum atomic E-state index is 13.5. The maximum Gasteiger partial charge on any atom is 0.469 e. The van der Waals surface area contributed by atoms with E-state index in [1.807, 2.05) is 0 Å². The molecule has 0 saturated carbocycles. The summed E-state index contributed by atoms with van der Waals surface area (Å²) in [4.78, 5) is 45.4. The SMILES string of the molecule is COc1cc(F)ccc1Oc1cc(Cl)c(Cl)cc1C(=O)Nc1cc[nH]c(=O)c1COP(=O)(O)O. The summed E-state index contributed by atoms with van der Waals surface area (Å²) < 4.78 is 39.8. The number of hydrogen-bond donors (Lipinski definition) is 4. The molecule has 1 heterocycles. The molecular weight excluding hydrogens is 517 g/mol. The molecule has 180 valence electrons. The molecule has 1 aromatic heterocycles. The molecule has 2 aromatic carbocycles. The molecule has 3 rings (SSSR count). The smallest absolute Gasteiger partial charge is 0.469 e. The Bertz CT molecular complexity index is 1340. The number of rotatable bonds is 8. The van der Waals surface area contributed by atoms with Gasteiger partial charge in [-0.15, -0.1) is 0 Å². The van der Waals surface area contributed by atoms with E-state index >= 15 is 0 Å². The standard InChI is InChI=1S/C20H16Cl2FN2O8P/c1-31-18-6-10(23)2-3-16(18)33-17-8-14(22)13(21)7-11(17)20(27)25-15-4-5-24-19(26)12(15)9-32-34(28,29)30/h2-8H,9H2,1H3,(H2,28,29,30)(H2,24,25,26,27). The van der Waals surface area contributed by atoms with Crippen LogP contribution in [0.15, 0.2) is 47.4 Å². The van der Waals surface area contributed by atoms with Crippen molar-refractivity contribution in [2.75, 3.05) is 12.4 Å². The number of phosphoric acid groups is 1. The molecule has 0 aliphatic carbocycles. The minimum atomic E-state index is -4.89. The van der Waals surface area contributed by atoms with Crippen molar-refractivity contribution in [1.82, 2.24) is 4.98 Å². The molecule has 0 atom stereocenters. The van der Waals surface area contributed by atoms with Crippen LogP contribution in [0.1, 0.15) is 15.9 Å². The van der Waals surface area contributed by atoms with Crippen LogP contribution in [0.25, 0.3) is 0 Å². The summed E-state index contributed by atoms with van der Waals surface area (Å²) in [6, 6.07) is 7.25. The molecule has 0 spiro atoms. The quantitative estimate of drug-likeness (QED) is 0.310. The van der Waals surface area contributed by atoms with E-state index < -0.39 is 31.7 Å². The lowest BCUT2D eigenvalue weighted by Crippen LogP contribution is -2.20. The third kappa shape index (κ3) is 6.35. The monoisotopic (exact) mass is 532 g/mol. The van der Waals surface area contributed by atoms with E-state index in [9.17, 15) is 18.5 Å². The van der Waals surface area contributed by atoms with Crippen LogP contribution in [0.5, 0.6) is 17.2 Å². The molecular formula is C20H16Cl2FN2O8P. The number of carbonyl (C=O) groups excluding carboxylic acids is 1. The van der Waals surface area contributed by atoms with Crippen molar-refractivity contribution in [3.05, 3.63) is 79.9 Å². The molecule has 0 fully saturated rings. The minimum absolute atomic E-state index is 0.0150. The van der Waals surface area contributed by atoms with Crippen molar-refractivity contribution in [2.45, 2.75) is 6.61 Å². The van der Waals surface area contributed by atoms with Crippen LogP contribution in [0.4, 0.5) is 10.1 Å². The van der Waals surface area contributed by atoms with Crippen LogP contribution in [0, 0.1) is 5.82 Å². The van der Waals surface area contributed by atoms with E-state index in [1.54, 1.807) is 0 Å². The summed E-state index contributed by atoms with van der Waals surface area (Å²) >= 11 is 12.1. The fourth-order valence-electron chi connectivity index (χ4n) is 2.74. The van der Waals surface area contributed by atoms with Crippen molar-refractivity contribution >= 4 is 42.6 Å². The number of amides is 1. The van der Waals surface area contributed by atoms with Crippen molar-refractivity contribution in [3.8, 4) is 17.2 Å². The average molecular weight is 533 g/mol. The molecule has 10 nitrogen and oxygen atoms in total. The number of hydrogen-bond acceptors (Lipinski definition) is 6. The number of phosphoric ester groups is 1. The van der Waals surface area contributed by atoms with Crippen LogP contribution < -0.4 is 20.3 Å². The molecule has 4 N–H and O–H groups in total. The Morgan fingerprint density at radius 2 is 1.82 bits per heavy atom. The van der Waals surface area contributed by atoms with Gasteiger partial charge in [0.15, 0.2) is 11.5 Å². The summed E-state index contributed by atoms with van der Waals surface area (Å²) in [6.45, 7) is -0.784. The number of ether oxygens (including phenoxy) is 2. The molecule has 34 heavy (non-hydrogen) atoms. The Labute approximate surface area is 201 Å². The number of methoxy groups -OCH3 is 1. The van der Waals surface area contributed by atoms with Crippen molar-refractivity contribution in [2.24, 2.45) is 0 Å². The second-order valence-corrected chi connectivity index (χ2v) is 8.63. The van der Waals surface area contributed by atoms with E-state index in [2.05, 4.69) is 14.8 Å². The minimum Gasteiger partial charge on any atom is -0.493 e. The van der Waals surface area contributed by atoms with Gasteiger partial charge in [0.1, 0.15) is 11.6 Å². The summed E-state index contributed by atoms with van der Waals surface area (Å²) in [5.41, 5.74) is -1.20. The van der Waals surface area contributed by atoms with E-state index in [4.69, 9.17) is 42.5 Å². The molecule has 0 bridgehead atoms. The summed E-state index contributed by atoms with van der Waals surface area (Å²) in [6.07, 6.45) is 1.22. The van der Waals surface area contributed by atoms with Gasteiger partial charge in [0.05, 0.1) is 40.6 Å². The number of aromatic nitrogens is 1. The highest BCUT2D eigenvalue weighted by Crippen LogP contribution is 2.39. The van der Waals surface area contributed by atoms with E-state index in [1.165, 1.54) is 37.6 Å². The Kier molecular flexibility index (Phi) is 7.98. The topological polar surface area (TPSA) is 147 Å². The summed E-state index contributed by atoms with van der Waals surface area (Å²) in [5, 5.41) is 2.52. The predicted molar refractivity (Wildman–Crippen MR) is 121 cm³/mol. The molecule has 0 radical (unpaired) electrons. The maximum absolute atomic E-state index is 13.5. The van der Waals surface area contributed by atoms with Gasteiger partial charge in [-0.2, -0.15) is 0 Å². The van der Waals surface area contributed by atoms with Crippen LogP contribution in [0.2, 0.25) is 10.0 Å². The number of halogens is 3. The summed E-state index contributed by atoms with van der Waals surface area (Å²) in [7, 11) is -3.59. The van der Waals surface area contributed by atoms with Crippen molar-refractivity contribution < 1.29 is 37.5 Å². The molecule has 0 aliphatic heterocycles. The van der Waals surface area contributed by atoms with Gasteiger partial charge in [-0.25, -0.2) is 8.96 Å². The lowest BCUT2D eigenvalue weighted by molar-refractivity contribution is 0.102. The number of H-pyrrole nitrogens is 1. The van der Waals surface area contributed by atoms with Gasteiger partial charge in [-0.05, 0) is 24.3 Å². The molecule has 1 amide bonds. The highest BCUT2D eigenvalue weighted by Gasteiger charge is 2.22. The van der Waals surface area contributed by atoms with E-state index in [0.717, 1.165) is 12.1 Å². The third-order valence-electron chi connectivity index (χ3n) is 4.30. The van der Waals surface area contributed by atoms with Gasteiger partial charge >= 0.3 is 7.82 Å². The molecule has 0 aliphatic rings. The number of pyridine rings is 1. The van der Waals surface area contributed by atoms with Crippen molar-refractivity contribution in [1.29, 1.82) is 0 Å². The molecule has 3 aromatic rings. The van der Waals surface area contributed by atoms with Gasteiger partial charge in [0.2, 0.25) is 0 Å². The zero-order chi connectivity index (χ0) is 25.0. The van der Waals surface area contributed by atoms with Crippen LogP contribution in [-0.2, 0) is 15.7 Å². The second kappa shape index (κ2) is 10.6. The van der Waals surface area contributed by atoms with E-state index in [0.29, 0.717) is 0 Å². The first-order chi connectivity index (χ1) is 16.0. The van der Waals surface area contributed by atoms with Gasteiger partial charge in [0, 0.05) is 18.3 Å². The van der Waals surface area contributed by atoms with Crippen LogP contribution >= 0.6 is 31.0 Å². The Morgan fingerprint density at radius 3 is 2.50 bits per heavy atom. The Morgan fingerprint density at radius 1 is 1.12 bits per heavy atom. The Balaban J connectivity index is 1.98. The second-order valence-electron chi connectivity index (χ2n) is 6.58. The first-order valence-corrected chi connectivity index (χ1v) is 11.5. The van der Waals surface area contributed by atoms with Crippen LogP contribution in [0.3, 0.4) is 0 Å². The number of benzene rings is 2. The number of anilines is 1. The fourth-order valence-corrected chi connectivity index (χ4v) is 3.36. The first-order valence-electron chi connectivity index (χ1n) is 9.21. The van der Waals surface area contributed by atoms with E-state index in [-0.39, 0.29) is 44.1 Å². The lowest BCUT2D eigenvalue weighted by atomic mass is 10.1. The van der Waals surface area contributed by atoms with Gasteiger partial charge in [0.25, 0.3) is 11.5 Å². The zero-order valence-corrected chi connectivity index (χ0v) is 19.6. The number of nitrogens with one attached hydrogen (secondary N) is 2. The van der Waals surface area contributed by atoms with Gasteiger partial charge in [-0.1, -0.05) is 23.2 Å². The average Bonchev–Trinajstić information content (AvgIpc) is 2.76.